The standard InChI is InChI=1S/C15H15N3O/c1-2-5-13(6-3-1)15(14-7-4-8-19-14)16-9-12-10-17-18-11-12/h1-8,10-11,15-16H,9H2,(H,17,18). The molecule has 0 saturated carbocycles. The molecule has 0 bridgehead atoms. The molecule has 0 saturated heterocycles. The summed E-state index contributed by atoms with van der Waals surface area (Å²) < 4.78 is 5.53. The number of furan rings is 1. The van der Waals surface area contributed by atoms with Crippen LogP contribution < -0.4 is 5.32 Å². The summed E-state index contributed by atoms with van der Waals surface area (Å²) in [6.45, 7) is 0.733. The quantitative estimate of drug-likeness (QED) is 0.735. The molecule has 3 rings (SSSR count). The number of nitrogens with one attached hydrogen (secondary N) is 2. The van der Waals surface area contributed by atoms with Gasteiger partial charge in [-0.15, -0.1) is 0 Å². The molecule has 0 amide bonds. The van der Waals surface area contributed by atoms with E-state index < -0.39 is 0 Å². The zero-order valence-electron chi connectivity index (χ0n) is 10.4. The van der Waals surface area contributed by atoms with Gasteiger partial charge in [-0.3, -0.25) is 10.4 Å². The van der Waals surface area contributed by atoms with Crippen molar-refractivity contribution in [2.45, 2.75) is 12.6 Å². The minimum atomic E-state index is 0.0473. The highest BCUT2D eigenvalue weighted by atomic mass is 16.3. The summed E-state index contributed by atoms with van der Waals surface area (Å²) in [7, 11) is 0. The minimum absolute atomic E-state index is 0.0473. The van der Waals surface area contributed by atoms with Gasteiger partial charge in [0.05, 0.1) is 18.5 Å². The first-order valence-electron chi connectivity index (χ1n) is 6.23. The number of nitrogens with zero attached hydrogens (tertiary/aromatic N) is 1. The van der Waals surface area contributed by atoms with E-state index in [0.717, 1.165) is 17.9 Å². The van der Waals surface area contributed by atoms with Gasteiger partial charge in [0.1, 0.15) is 5.76 Å². The smallest absolute Gasteiger partial charge is 0.125 e. The van der Waals surface area contributed by atoms with Crippen molar-refractivity contribution in [3.63, 3.8) is 0 Å². The summed E-state index contributed by atoms with van der Waals surface area (Å²) in [6.07, 6.45) is 5.40. The topological polar surface area (TPSA) is 53.9 Å². The molecule has 96 valence electrons. The van der Waals surface area contributed by atoms with Gasteiger partial charge in [0.15, 0.2) is 0 Å². The highest BCUT2D eigenvalue weighted by Gasteiger charge is 2.15. The third-order valence-electron chi connectivity index (χ3n) is 3.03. The molecule has 1 atom stereocenters. The molecular weight excluding hydrogens is 238 g/mol. The number of rotatable bonds is 5. The van der Waals surface area contributed by atoms with Crippen LogP contribution in [-0.4, -0.2) is 10.2 Å². The second-order valence-corrected chi connectivity index (χ2v) is 4.35. The van der Waals surface area contributed by atoms with Crippen LogP contribution in [0.2, 0.25) is 0 Å². The van der Waals surface area contributed by atoms with Gasteiger partial charge in [-0.1, -0.05) is 30.3 Å². The molecule has 1 unspecified atom stereocenters. The third kappa shape index (κ3) is 2.74. The zero-order chi connectivity index (χ0) is 12.9. The molecule has 4 nitrogen and oxygen atoms in total. The van der Waals surface area contributed by atoms with E-state index in [4.69, 9.17) is 4.42 Å². The highest BCUT2D eigenvalue weighted by molar-refractivity contribution is 5.26. The Bertz CT molecular complexity index is 588. The Kier molecular flexibility index (Phi) is 3.42. The molecule has 2 N–H and O–H groups in total. The summed E-state index contributed by atoms with van der Waals surface area (Å²) >= 11 is 0. The van der Waals surface area contributed by atoms with Crippen molar-refractivity contribution in [2.24, 2.45) is 0 Å². The van der Waals surface area contributed by atoms with Crippen molar-refractivity contribution >= 4 is 0 Å². The van der Waals surface area contributed by atoms with Crippen LogP contribution in [0.3, 0.4) is 0 Å². The molecule has 2 heterocycles. The first kappa shape index (κ1) is 11.7. The Labute approximate surface area is 111 Å². The van der Waals surface area contributed by atoms with Gasteiger partial charge in [-0.05, 0) is 17.7 Å². The monoisotopic (exact) mass is 253 g/mol. The second-order valence-electron chi connectivity index (χ2n) is 4.35. The van der Waals surface area contributed by atoms with Gasteiger partial charge in [0.2, 0.25) is 0 Å². The van der Waals surface area contributed by atoms with Crippen LogP contribution in [0.25, 0.3) is 0 Å². The summed E-state index contributed by atoms with van der Waals surface area (Å²) in [4.78, 5) is 0. The number of benzene rings is 1. The number of hydrogen-bond donors (Lipinski definition) is 2. The average molecular weight is 253 g/mol. The number of aromatic amines is 1. The fraction of sp³-hybridized carbons (Fsp3) is 0.133. The Morgan fingerprint density at radius 1 is 1.16 bits per heavy atom. The van der Waals surface area contributed by atoms with Gasteiger partial charge >= 0.3 is 0 Å². The van der Waals surface area contributed by atoms with E-state index in [2.05, 4.69) is 27.6 Å². The lowest BCUT2D eigenvalue weighted by Gasteiger charge is -2.16. The largest absolute Gasteiger partial charge is 0.467 e. The molecule has 0 spiro atoms. The van der Waals surface area contributed by atoms with Crippen molar-refractivity contribution < 1.29 is 4.42 Å². The number of hydrogen-bond acceptors (Lipinski definition) is 3. The van der Waals surface area contributed by atoms with Crippen LogP contribution in [0, 0.1) is 0 Å². The normalized spacial score (nSPS) is 12.4. The van der Waals surface area contributed by atoms with E-state index in [0.29, 0.717) is 0 Å². The van der Waals surface area contributed by atoms with Gasteiger partial charge in [0, 0.05) is 18.3 Å². The van der Waals surface area contributed by atoms with E-state index in [1.165, 1.54) is 5.56 Å². The van der Waals surface area contributed by atoms with Crippen molar-refractivity contribution in [3.05, 3.63) is 78.0 Å². The maximum Gasteiger partial charge on any atom is 0.125 e. The summed E-state index contributed by atoms with van der Waals surface area (Å²) in [5.41, 5.74) is 2.30. The molecule has 19 heavy (non-hydrogen) atoms. The lowest BCUT2D eigenvalue weighted by molar-refractivity contribution is 0.446. The predicted octanol–water partition coefficient (Wildman–Crippen LogP) is 2.88. The number of H-pyrrole nitrogens is 1. The van der Waals surface area contributed by atoms with E-state index in [-0.39, 0.29) is 6.04 Å². The maximum absolute atomic E-state index is 5.53. The van der Waals surface area contributed by atoms with Crippen molar-refractivity contribution in [3.8, 4) is 0 Å². The Hall–Kier alpha value is -2.33. The summed E-state index contributed by atoms with van der Waals surface area (Å²) in [6, 6.07) is 14.2. The molecular formula is C15H15N3O. The van der Waals surface area contributed by atoms with Gasteiger partial charge in [-0.2, -0.15) is 5.10 Å². The van der Waals surface area contributed by atoms with Crippen LogP contribution in [-0.2, 0) is 6.54 Å². The molecule has 1 aromatic carbocycles. The van der Waals surface area contributed by atoms with Crippen LogP contribution in [0.4, 0.5) is 0 Å². The molecule has 2 aromatic heterocycles. The molecule has 0 aliphatic rings. The Morgan fingerprint density at radius 3 is 2.74 bits per heavy atom. The molecule has 3 aromatic rings. The minimum Gasteiger partial charge on any atom is -0.467 e. The molecule has 0 radical (unpaired) electrons. The Balaban J connectivity index is 1.81. The third-order valence-corrected chi connectivity index (χ3v) is 3.03. The van der Waals surface area contributed by atoms with E-state index in [1.807, 2.05) is 42.7 Å². The van der Waals surface area contributed by atoms with Crippen LogP contribution in [0.1, 0.15) is 22.9 Å². The number of aromatic nitrogens is 2. The van der Waals surface area contributed by atoms with E-state index in [1.54, 1.807) is 6.26 Å². The van der Waals surface area contributed by atoms with E-state index >= 15 is 0 Å². The molecule has 0 aliphatic carbocycles. The lowest BCUT2D eigenvalue weighted by atomic mass is 10.0. The van der Waals surface area contributed by atoms with Crippen LogP contribution in [0.5, 0.6) is 0 Å². The van der Waals surface area contributed by atoms with Crippen LogP contribution in [0.15, 0.2) is 65.5 Å². The molecule has 0 aliphatic heterocycles. The van der Waals surface area contributed by atoms with Gasteiger partial charge < -0.3 is 4.42 Å². The SMILES string of the molecule is c1ccc(C(NCc2cn[nH]c2)c2ccco2)cc1. The first-order valence-corrected chi connectivity index (χ1v) is 6.23. The maximum atomic E-state index is 5.53. The summed E-state index contributed by atoms with van der Waals surface area (Å²) in [5.74, 6) is 0.912. The van der Waals surface area contributed by atoms with Crippen LogP contribution >= 0.6 is 0 Å². The van der Waals surface area contributed by atoms with Crippen molar-refractivity contribution in [1.82, 2.24) is 15.5 Å². The van der Waals surface area contributed by atoms with Gasteiger partial charge in [-0.25, -0.2) is 0 Å². The fourth-order valence-corrected chi connectivity index (χ4v) is 2.08. The highest BCUT2D eigenvalue weighted by Crippen LogP contribution is 2.22. The van der Waals surface area contributed by atoms with Crippen molar-refractivity contribution in [1.29, 1.82) is 0 Å². The first-order chi connectivity index (χ1) is 9.43. The van der Waals surface area contributed by atoms with Gasteiger partial charge in [0.25, 0.3) is 0 Å². The lowest BCUT2D eigenvalue weighted by Crippen LogP contribution is -2.21. The Morgan fingerprint density at radius 2 is 2.05 bits per heavy atom. The van der Waals surface area contributed by atoms with Crippen molar-refractivity contribution in [2.75, 3.05) is 0 Å². The zero-order valence-corrected chi connectivity index (χ0v) is 10.4. The molecule has 0 fully saturated rings. The second kappa shape index (κ2) is 5.54. The predicted molar refractivity (Wildman–Crippen MR) is 72.4 cm³/mol. The fourth-order valence-electron chi connectivity index (χ4n) is 2.08. The summed E-state index contributed by atoms with van der Waals surface area (Å²) in [5, 5.41) is 10.2. The van der Waals surface area contributed by atoms with E-state index in [9.17, 15) is 0 Å². The average Bonchev–Trinajstić information content (AvgIpc) is 3.13. The molecule has 4 heteroatoms.